The van der Waals surface area contributed by atoms with E-state index < -0.39 is 0 Å². The monoisotopic (exact) mass is 242 g/mol. The van der Waals surface area contributed by atoms with Crippen molar-refractivity contribution in [3.63, 3.8) is 0 Å². The molecule has 1 aromatic carbocycles. The van der Waals surface area contributed by atoms with Crippen molar-refractivity contribution in [3.05, 3.63) is 52.7 Å². The normalized spacial score (nSPS) is 10.2. The van der Waals surface area contributed by atoms with Gasteiger partial charge in [-0.05, 0) is 31.0 Å². The Morgan fingerprint density at radius 3 is 2.50 bits per heavy atom. The fourth-order valence-corrected chi connectivity index (χ4v) is 1.69. The highest BCUT2D eigenvalue weighted by atomic mass is 16.5. The Hall–Kier alpha value is -2.23. The van der Waals surface area contributed by atoms with Gasteiger partial charge in [0.1, 0.15) is 5.69 Å². The predicted octanol–water partition coefficient (Wildman–Crippen LogP) is 2.33. The van der Waals surface area contributed by atoms with Crippen LogP contribution < -0.4 is 4.74 Å². The number of carbonyl (C=O) groups excluding carboxylic acids is 1. The van der Waals surface area contributed by atoms with Crippen LogP contribution in [-0.4, -0.2) is 23.1 Å². The molecule has 0 aliphatic rings. The average molecular weight is 242 g/mol. The molecule has 0 saturated heterocycles. The van der Waals surface area contributed by atoms with Crippen LogP contribution in [0.5, 0.6) is 5.88 Å². The van der Waals surface area contributed by atoms with E-state index in [1.165, 1.54) is 7.11 Å². The van der Waals surface area contributed by atoms with E-state index in [4.69, 9.17) is 4.74 Å². The fraction of sp³-hybridized carbons (Fsp3) is 0.214. The second-order valence-corrected chi connectivity index (χ2v) is 4.04. The Morgan fingerprint density at radius 2 is 1.89 bits per heavy atom. The Labute approximate surface area is 106 Å². The first-order chi connectivity index (χ1) is 8.63. The lowest BCUT2D eigenvalue weighted by molar-refractivity contribution is 0.103. The summed E-state index contributed by atoms with van der Waals surface area (Å²) in [7, 11) is 1.51. The van der Waals surface area contributed by atoms with Gasteiger partial charge in [0.15, 0.2) is 0 Å². The van der Waals surface area contributed by atoms with Crippen molar-refractivity contribution in [2.24, 2.45) is 0 Å². The molecule has 4 nitrogen and oxygen atoms in total. The van der Waals surface area contributed by atoms with E-state index in [2.05, 4.69) is 10.2 Å². The van der Waals surface area contributed by atoms with E-state index in [-0.39, 0.29) is 5.78 Å². The molecule has 2 rings (SSSR count). The molecule has 18 heavy (non-hydrogen) atoms. The molecule has 0 amide bonds. The first-order valence-electron chi connectivity index (χ1n) is 5.62. The molecule has 0 aliphatic heterocycles. The molecule has 92 valence electrons. The minimum Gasteiger partial charge on any atom is -0.480 e. The third-order valence-corrected chi connectivity index (χ3v) is 2.93. The Kier molecular flexibility index (Phi) is 3.37. The zero-order valence-electron chi connectivity index (χ0n) is 10.6. The highest BCUT2D eigenvalue weighted by Crippen LogP contribution is 2.16. The lowest BCUT2D eigenvalue weighted by atomic mass is 9.99. The zero-order valence-corrected chi connectivity index (χ0v) is 10.6. The number of methoxy groups -OCH3 is 1. The van der Waals surface area contributed by atoms with Gasteiger partial charge in [-0.15, -0.1) is 10.2 Å². The Balaban J connectivity index is 2.38. The molecule has 0 radical (unpaired) electrons. The summed E-state index contributed by atoms with van der Waals surface area (Å²) in [5.41, 5.74) is 3.04. The lowest BCUT2D eigenvalue weighted by Gasteiger charge is -2.06. The summed E-state index contributed by atoms with van der Waals surface area (Å²) in [6.45, 7) is 3.91. The number of nitrogens with zero attached hydrogens (tertiary/aromatic N) is 2. The van der Waals surface area contributed by atoms with Gasteiger partial charge in [-0.2, -0.15) is 0 Å². The van der Waals surface area contributed by atoms with Gasteiger partial charge in [-0.1, -0.05) is 18.2 Å². The van der Waals surface area contributed by atoms with Gasteiger partial charge in [0.2, 0.25) is 11.7 Å². The summed E-state index contributed by atoms with van der Waals surface area (Å²) >= 11 is 0. The number of ketones is 1. The molecule has 4 heteroatoms. The standard InChI is InChI=1S/C14H14N2O2/c1-9-5-4-6-11(10(9)2)14(17)12-7-8-13(18-3)16-15-12/h4-8H,1-3H3. The SMILES string of the molecule is COc1ccc(C(=O)c2cccc(C)c2C)nn1. The van der Waals surface area contributed by atoms with Gasteiger partial charge < -0.3 is 4.74 Å². The number of ether oxygens (including phenoxy) is 1. The molecule has 1 heterocycles. The van der Waals surface area contributed by atoms with Crippen molar-refractivity contribution in [2.75, 3.05) is 7.11 Å². The summed E-state index contributed by atoms with van der Waals surface area (Å²) in [6, 6.07) is 8.90. The van der Waals surface area contributed by atoms with Crippen molar-refractivity contribution in [1.82, 2.24) is 10.2 Å². The number of rotatable bonds is 3. The molecule has 0 spiro atoms. The number of carbonyl (C=O) groups is 1. The van der Waals surface area contributed by atoms with Crippen molar-refractivity contribution < 1.29 is 9.53 Å². The molecule has 0 atom stereocenters. The number of hydrogen-bond donors (Lipinski definition) is 0. The summed E-state index contributed by atoms with van der Waals surface area (Å²) < 4.78 is 4.91. The van der Waals surface area contributed by atoms with Crippen LogP contribution in [0.1, 0.15) is 27.2 Å². The van der Waals surface area contributed by atoms with Gasteiger partial charge in [-0.3, -0.25) is 4.79 Å². The highest BCUT2D eigenvalue weighted by molar-refractivity contribution is 6.08. The number of hydrogen-bond acceptors (Lipinski definition) is 4. The molecule has 0 saturated carbocycles. The minimum atomic E-state index is -0.119. The molecule has 0 bridgehead atoms. The largest absolute Gasteiger partial charge is 0.480 e. The van der Waals surface area contributed by atoms with Gasteiger partial charge >= 0.3 is 0 Å². The maximum atomic E-state index is 12.3. The highest BCUT2D eigenvalue weighted by Gasteiger charge is 2.14. The molecule has 0 fully saturated rings. The molecule has 0 unspecified atom stereocenters. The van der Waals surface area contributed by atoms with E-state index in [9.17, 15) is 4.79 Å². The minimum absolute atomic E-state index is 0.119. The van der Waals surface area contributed by atoms with Crippen LogP contribution >= 0.6 is 0 Å². The first-order valence-corrected chi connectivity index (χ1v) is 5.62. The summed E-state index contributed by atoms with van der Waals surface area (Å²) in [4.78, 5) is 12.3. The van der Waals surface area contributed by atoms with Crippen LogP contribution in [0.4, 0.5) is 0 Å². The zero-order chi connectivity index (χ0) is 13.1. The van der Waals surface area contributed by atoms with Crippen molar-refractivity contribution in [3.8, 4) is 5.88 Å². The topological polar surface area (TPSA) is 52.1 Å². The van der Waals surface area contributed by atoms with Crippen LogP contribution in [0.2, 0.25) is 0 Å². The molecule has 1 aromatic heterocycles. The summed E-state index contributed by atoms with van der Waals surface area (Å²) in [5.74, 6) is 0.277. The third-order valence-electron chi connectivity index (χ3n) is 2.93. The van der Waals surface area contributed by atoms with E-state index in [0.29, 0.717) is 17.1 Å². The third kappa shape index (κ3) is 2.22. The Morgan fingerprint density at radius 1 is 1.11 bits per heavy atom. The van der Waals surface area contributed by atoms with E-state index in [1.54, 1.807) is 18.2 Å². The molecular weight excluding hydrogens is 228 g/mol. The van der Waals surface area contributed by atoms with Crippen LogP contribution in [0, 0.1) is 13.8 Å². The predicted molar refractivity (Wildman–Crippen MR) is 67.9 cm³/mol. The van der Waals surface area contributed by atoms with E-state index in [0.717, 1.165) is 11.1 Å². The van der Waals surface area contributed by atoms with E-state index in [1.807, 2.05) is 26.0 Å². The fourth-order valence-electron chi connectivity index (χ4n) is 1.69. The summed E-state index contributed by atoms with van der Waals surface area (Å²) in [6.07, 6.45) is 0. The molecule has 0 N–H and O–H groups in total. The van der Waals surface area contributed by atoms with Crippen LogP contribution in [0.25, 0.3) is 0 Å². The molecule has 0 aliphatic carbocycles. The second-order valence-electron chi connectivity index (χ2n) is 4.04. The maximum Gasteiger partial charge on any atom is 0.233 e. The average Bonchev–Trinajstić information content (AvgIpc) is 2.41. The molecular formula is C14H14N2O2. The van der Waals surface area contributed by atoms with Gasteiger partial charge in [-0.25, -0.2) is 0 Å². The van der Waals surface area contributed by atoms with Gasteiger partial charge in [0, 0.05) is 11.6 Å². The van der Waals surface area contributed by atoms with Gasteiger partial charge in [0.05, 0.1) is 7.11 Å². The summed E-state index contributed by atoms with van der Waals surface area (Å²) in [5, 5.41) is 7.67. The number of aromatic nitrogens is 2. The smallest absolute Gasteiger partial charge is 0.233 e. The first kappa shape index (κ1) is 12.2. The Bertz CT molecular complexity index is 577. The van der Waals surface area contributed by atoms with Gasteiger partial charge in [0.25, 0.3) is 0 Å². The maximum absolute atomic E-state index is 12.3. The quantitative estimate of drug-likeness (QED) is 0.775. The van der Waals surface area contributed by atoms with Crippen molar-refractivity contribution in [2.45, 2.75) is 13.8 Å². The van der Waals surface area contributed by atoms with E-state index >= 15 is 0 Å². The number of benzene rings is 1. The molecule has 2 aromatic rings. The lowest BCUT2D eigenvalue weighted by Crippen LogP contribution is -2.08. The van der Waals surface area contributed by atoms with Crippen molar-refractivity contribution in [1.29, 1.82) is 0 Å². The number of aryl methyl sites for hydroxylation is 1. The second kappa shape index (κ2) is 4.96. The van der Waals surface area contributed by atoms with Crippen LogP contribution in [0.3, 0.4) is 0 Å². The van der Waals surface area contributed by atoms with Crippen LogP contribution in [0.15, 0.2) is 30.3 Å². The van der Waals surface area contributed by atoms with Crippen LogP contribution in [-0.2, 0) is 0 Å². The van der Waals surface area contributed by atoms with Crippen molar-refractivity contribution >= 4 is 5.78 Å².